The summed E-state index contributed by atoms with van der Waals surface area (Å²) in [5, 5.41) is 12.7. The first-order chi connectivity index (χ1) is 21.1. The zero-order valence-corrected chi connectivity index (χ0v) is 25.5. The first kappa shape index (κ1) is 30.2. The highest BCUT2D eigenvalue weighted by Gasteiger charge is 2.54. The predicted molar refractivity (Wildman–Crippen MR) is 159 cm³/mol. The van der Waals surface area contributed by atoms with Crippen LogP contribution in [0.15, 0.2) is 71.6 Å². The van der Waals surface area contributed by atoms with Gasteiger partial charge in [-0.05, 0) is 67.6 Å². The van der Waals surface area contributed by atoms with E-state index >= 15 is 4.39 Å². The number of benzene rings is 2. The zero-order chi connectivity index (χ0) is 31.2. The van der Waals surface area contributed by atoms with Crippen molar-refractivity contribution in [2.24, 2.45) is 5.92 Å². The van der Waals surface area contributed by atoms with Crippen molar-refractivity contribution >= 4 is 35.0 Å². The van der Waals surface area contributed by atoms with E-state index in [-0.39, 0.29) is 41.0 Å². The molecular weight excluding hydrogens is 610 g/mol. The first-order valence-electron chi connectivity index (χ1n) is 14.1. The molecule has 0 spiro atoms. The largest absolute Gasteiger partial charge is 0.441 e. The molecule has 2 aromatic heterocycles. The number of amides is 2. The predicted octanol–water partition coefficient (Wildman–Crippen LogP) is 5.78. The Hall–Kier alpha value is -3.83. The SMILES string of the molecule is CO[C@]1(c2ccc(Cl)cc2)c2c(F)cc(C(C)(O)C3CCN(C(=O)c4ncco4)CC3)cc2C(=O)N1Cc1ccc(Cl)cn1. The number of halogens is 3. The Bertz CT molecular complexity index is 1690. The van der Waals surface area contributed by atoms with Crippen LogP contribution in [0.5, 0.6) is 0 Å². The van der Waals surface area contributed by atoms with Gasteiger partial charge in [-0.25, -0.2) is 9.37 Å². The highest BCUT2D eigenvalue weighted by molar-refractivity contribution is 6.30. The van der Waals surface area contributed by atoms with Crippen LogP contribution in [-0.2, 0) is 22.6 Å². The minimum absolute atomic E-state index is 0.00934. The molecule has 0 bridgehead atoms. The van der Waals surface area contributed by atoms with E-state index in [0.717, 1.165) is 0 Å². The summed E-state index contributed by atoms with van der Waals surface area (Å²) in [6.45, 7) is 2.32. The Kier molecular flexibility index (Phi) is 7.96. The monoisotopic (exact) mass is 638 g/mol. The second-order valence-corrected chi connectivity index (χ2v) is 12.0. The number of oxazole rings is 1. The van der Waals surface area contributed by atoms with Gasteiger partial charge in [0, 0.05) is 37.0 Å². The van der Waals surface area contributed by atoms with Crippen LogP contribution in [-0.4, -0.2) is 56.9 Å². The maximum atomic E-state index is 16.5. The topological polar surface area (TPSA) is 109 Å². The normalized spacial score (nSPS) is 20.1. The summed E-state index contributed by atoms with van der Waals surface area (Å²) in [6, 6.07) is 12.8. The lowest BCUT2D eigenvalue weighted by Crippen LogP contribution is -2.46. The van der Waals surface area contributed by atoms with Gasteiger partial charge in [-0.1, -0.05) is 35.3 Å². The number of rotatable bonds is 7. The molecule has 1 N–H and O–H groups in total. The molecule has 0 aliphatic carbocycles. The summed E-state index contributed by atoms with van der Waals surface area (Å²) in [6.07, 6.45) is 5.13. The third-order valence-electron chi connectivity index (χ3n) is 8.70. The number of carbonyl (C=O) groups is 2. The van der Waals surface area contributed by atoms with Crippen LogP contribution in [0.2, 0.25) is 10.0 Å². The lowest BCUT2D eigenvalue weighted by atomic mass is 9.76. The van der Waals surface area contributed by atoms with Crippen molar-refractivity contribution in [3.63, 3.8) is 0 Å². The average Bonchev–Trinajstić information content (AvgIpc) is 3.65. The molecule has 1 unspecified atom stereocenters. The van der Waals surface area contributed by atoms with Gasteiger partial charge < -0.3 is 19.2 Å². The van der Waals surface area contributed by atoms with Crippen molar-refractivity contribution in [1.29, 1.82) is 0 Å². The number of likely N-dealkylation sites (tertiary alicyclic amines) is 1. The zero-order valence-electron chi connectivity index (χ0n) is 24.0. The van der Waals surface area contributed by atoms with Gasteiger partial charge in [0.05, 0.1) is 40.2 Å². The third-order valence-corrected chi connectivity index (χ3v) is 9.18. The number of ether oxygens (including phenoxy) is 1. The van der Waals surface area contributed by atoms with E-state index < -0.39 is 23.1 Å². The molecule has 1 fully saturated rings. The Morgan fingerprint density at radius 2 is 1.84 bits per heavy atom. The molecule has 2 aromatic carbocycles. The van der Waals surface area contributed by atoms with Gasteiger partial charge in [-0.3, -0.25) is 19.5 Å². The van der Waals surface area contributed by atoms with Crippen LogP contribution < -0.4 is 0 Å². The van der Waals surface area contributed by atoms with Crippen molar-refractivity contribution in [2.75, 3.05) is 20.2 Å². The van der Waals surface area contributed by atoms with Crippen LogP contribution in [0.4, 0.5) is 4.39 Å². The second kappa shape index (κ2) is 11.6. The number of aromatic nitrogens is 2. The molecule has 2 aliphatic rings. The van der Waals surface area contributed by atoms with Gasteiger partial charge in [-0.2, -0.15) is 0 Å². The molecule has 2 aliphatic heterocycles. The number of fused-ring (bicyclic) bond motifs is 1. The van der Waals surface area contributed by atoms with Crippen molar-refractivity contribution in [1.82, 2.24) is 19.8 Å². The van der Waals surface area contributed by atoms with E-state index in [1.165, 1.54) is 36.7 Å². The molecule has 12 heteroatoms. The van der Waals surface area contributed by atoms with E-state index in [9.17, 15) is 14.7 Å². The molecule has 0 saturated carbocycles. The van der Waals surface area contributed by atoms with Crippen molar-refractivity contribution < 1.29 is 28.2 Å². The highest BCUT2D eigenvalue weighted by atomic mass is 35.5. The number of pyridine rings is 1. The molecule has 4 aromatic rings. The number of carbonyl (C=O) groups excluding carboxylic acids is 2. The molecule has 228 valence electrons. The molecule has 9 nitrogen and oxygen atoms in total. The van der Waals surface area contributed by atoms with E-state index in [1.807, 2.05) is 0 Å². The van der Waals surface area contributed by atoms with Crippen LogP contribution in [0, 0.1) is 11.7 Å². The number of hydrogen-bond acceptors (Lipinski definition) is 7. The molecule has 44 heavy (non-hydrogen) atoms. The number of nitrogens with zero attached hydrogens (tertiary/aromatic N) is 4. The average molecular weight is 640 g/mol. The summed E-state index contributed by atoms with van der Waals surface area (Å²) < 4.78 is 27.7. The smallest absolute Gasteiger partial charge is 0.309 e. The summed E-state index contributed by atoms with van der Waals surface area (Å²) in [7, 11) is 1.41. The molecule has 2 amide bonds. The molecular formula is C32H29Cl2FN4O5. The molecule has 2 atom stereocenters. The Morgan fingerprint density at radius 1 is 1.14 bits per heavy atom. The lowest BCUT2D eigenvalue weighted by molar-refractivity contribution is -0.0886. The molecule has 4 heterocycles. The van der Waals surface area contributed by atoms with Gasteiger partial charge in [0.25, 0.3) is 11.8 Å². The minimum atomic E-state index is -1.64. The summed E-state index contributed by atoms with van der Waals surface area (Å²) in [5.41, 5.74) is -1.77. The van der Waals surface area contributed by atoms with Gasteiger partial charge in [0.1, 0.15) is 12.1 Å². The van der Waals surface area contributed by atoms with Crippen molar-refractivity contribution in [3.05, 3.63) is 117 Å². The van der Waals surface area contributed by atoms with Crippen LogP contribution in [0.3, 0.4) is 0 Å². The van der Waals surface area contributed by atoms with E-state index in [2.05, 4.69) is 9.97 Å². The summed E-state index contributed by atoms with van der Waals surface area (Å²) in [5.74, 6) is -1.82. The van der Waals surface area contributed by atoms with Crippen LogP contribution >= 0.6 is 23.2 Å². The minimum Gasteiger partial charge on any atom is -0.441 e. The lowest BCUT2D eigenvalue weighted by Gasteiger charge is -2.40. The first-order valence-corrected chi connectivity index (χ1v) is 14.8. The number of piperidine rings is 1. The van der Waals surface area contributed by atoms with Crippen molar-refractivity contribution in [2.45, 2.75) is 37.6 Å². The van der Waals surface area contributed by atoms with Crippen LogP contribution in [0.25, 0.3) is 0 Å². The quantitative estimate of drug-likeness (QED) is 0.273. The molecule has 0 radical (unpaired) electrons. The Morgan fingerprint density at radius 3 is 2.45 bits per heavy atom. The van der Waals surface area contributed by atoms with Crippen molar-refractivity contribution in [3.8, 4) is 0 Å². The number of hydrogen-bond donors (Lipinski definition) is 1. The molecule has 6 rings (SSSR count). The number of aliphatic hydroxyl groups is 1. The fraction of sp³-hybridized carbons (Fsp3) is 0.312. The standard InChI is InChI=1S/C32H29Cl2FN4O5/c1-31(42,19-9-12-38(13-10-19)30(41)28-36-11-14-44-28)21-15-25-27(26(35)16-21)32(43-2,20-3-5-22(33)6-4-20)39(29(25)40)18-24-8-7-23(34)17-37-24/h3-8,11,14-17,19,42H,9-10,12-13,18H2,1-2H3/t31?,32-/m1/s1. The van der Waals surface area contributed by atoms with Gasteiger partial charge in [0.2, 0.25) is 0 Å². The van der Waals surface area contributed by atoms with E-state index in [0.29, 0.717) is 47.2 Å². The van der Waals surface area contributed by atoms with Gasteiger partial charge in [-0.15, -0.1) is 0 Å². The fourth-order valence-corrected chi connectivity index (χ4v) is 6.57. The third kappa shape index (κ3) is 5.05. The maximum absolute atomic E-state index is 16.5. The maximum Gasteiger partial charge on any atom is 0.309 e. The van der Waals surface area contributed by atoms with Crippen LogP contribution in [0.1, 0.15) is 63.2 Å². The van der Waals surface area contributed by atoms with Gasteiger partial charge >= 0.3 is 5.91 Å². The fourth-order valence-electron chi connectivity index (χ4n) is 6.33. The Labute approximate surface area is 263 Å². The molecule has 1 saturated heterocycles. The number of methoxy groups -OCH3 is 1. The summed E-state index contributed by atoms with van der Waals surface area (Å²) in [4.78, 5) is 38.2. The second-order valence-electron chi connectivity index (χ2n) is 11.1. The summed E-state index contributed by atoms with van der Waals surface area (Å²) >= 11 is 12.2. The van der Waals surface area contributed by atoms with E-state index in [1.54, 1.807) is 54.3 Å². The Balaban J connectivity index is 1.37. The highest BCUT2D eigenvalue weighted by Crippen LogP contribution is 2.49. The van der Waals surface area contributed by atoms with Gasteiger partial charge in [0.15, 0.2) is 5.72 Å². The van der Waals surface area contributed by atoms with E-state index in [4.69, 9.17) is 32.4 Å².